The maximum Gasteiger partial charge on any atom is 0.312 e. The van der Waals surface area contributed by atoms with E-state index in [-0.39, 0.29) is 31.6 Å². The lowest BCUT2D eigenvalue weighted by atomic mass is 9.70. The van der Waals surface area contributed by atoms with Crippen LogP contribution in [0.15, 0.2) is 49.6 Å². The van der Waals surface area contributed by atoms with Crippen LogP contribution >= 0.6 is 11.6 Å². The van der Waals surface area contributed by atoms with Gasteiger partial charge in [-0.2, -0.15) is 0 Å². The summed E-state index contributed by atoms with van der Waals surface area (Å²) in [6, 6.07) is 5.18. The summed E-state index contributed by atoms with van der Waals surface area (Å²) in [7, 11) is 0. The highest BCUT2D eigenvalue weighted by molar-refractivity contribution is 6.30. The number of ether oxygens (including phenoxy) is 2. The Morgan fingerprint density at radius 2 is 2.06 bits per heavy atom. The van der Waals surface area contributed by atoms with Crippen LogP contribution in [0.1, 0.15) is 32.6 Å². The van der Waals surface area contributed by atoms with Crippen molar-refractivity contribution in [3.05, 3.63) is 54.6 Å². The van der Waals surface area contributed by atoms with Crippen molar-refractivity contribution in [2.24, 2.45) is 11.8 Å². The first-order valence-corrected chi connectivity index (χ1v) is 12.7. The van der Waals surface area contributed by atoms with Crippen LogP contribution in [-0.2, 0) is 23.9 Å². The largest absolute Gasteiger partial charge is 0.465 e. The number of amides is 2. The number of allylic oxidation sites excluding steroid dienone is 1. The lowest BCUT2D eigenvalue weighted by Crippen LogP contribution is -2.58. The smallest absolute Gasteiger partial charge is 0.312 e. The van der Waals surface area contributed by atoms with Crippen LogP contribution < -0.4 is 4.90 Å². The molecule has 9 heteroatoms. The summed E-state index contributed by atoms with van der Waals surface area (Å²) in [6.07, 6.45) is 5.23. The zero-order valence-corrected chi connectivity index (χ0v) is 21.2. The number of carbonyl (C=O) groups is 3. The van der Waals surface area contributed by atoms with Gasteiger partial charge in [-0.1, -0.05) is 23.8 Å². The first kappa shape index (κ1) is 26.4. The van der Waals surface area contributed by atoms with E-state index in [4.69, 9.17) is 21.1 Å². The maximum absolute atomic E-state index is 14.2. The average molecular weight is 517 g/mol. The van der Waals surface area contributed by atoms with Crippen molar-refractivity contribution < 1.29 is 29.0 Å². The van der Waals surface area contributed by atoms with E-state index in [1.165, 1.54) is 9.80 Å². The number of unbranched alkanes of at least 4 members (excludes halogenated alkanes) is 1. The number of aliphatic hydroxyl groups excluding tert-OH is 1. The number of aliphatic hydroxyl groups is 1. The van der Waals surface area contributed by atoms with Crippen molar-refractivity contribution in [3.63, 3.8) is 0 Å². The molecule has 1 spiro atoms. The van der Waals surface area contributed by atoms with Crippen LogP contribution in [0.25, 0.3) is 0 Å². The molecule has 1 N–H and O–H groups in total. The summed E-state index contributed by atoms with van der Waals surface area (Å²) >= 11 is 6.05. The van der Waals surface area contributed by atoms with Crippen LogP contribution in [0.5, 0.6) is 0 Å². The van der Waals surface area contributed by atoms with Gasteiger partial charge >= 0.3 is 5.97 Å². The molecule has 0 saturated carbocycles. The lowest BCUT2D eigenvalue weighted by molar-refractivity contribution is -0.155. The van der Waals surface area contributed by atoms with Gasteiger partial charge in [0.05, 0.1) is 37.2 Å². The maximum atomic E-state index is 14.2. The molecule has 1 aromatic carbocycles. The van der Waals surface area contributed by atoms with Crippen LogP contribution in [0.2, 0.25) is 5.02 Å². The molecule has 2 bridgehead atoms. The van der Waals surface area contributed by atoms with Crippen molar-refractivity contribution in [1.29, 1.82) is 0 Å². The van der Waals surface area contributed by atoms with Crippen LogP contribution in [0.3, 0.4) is 0 Å². The number of fused-ring (bicyclic) bond motifs is 1. The number of carbonyl (C=O) groups excluding carboxylic acids is 3. The minimum atomic E-state index is -1.17. The van der Waals surface area contributed by atoms with E-state index in [1.54, 1.807) is 43.3 Å². The highest BCUT2D eigenvalue weighted by atomic mass is 35.5. The second-order valence-corrected chi connectivity index (χ2v) is 10.1. The Balaban J connectivity index is 1.70. The Bertz CT molecular complexity index is 1030. The van der Waals surface area contributed by atoms with Crippen LogP contribution in [0, 0.1) is 11.8 Å². The monoisotopic (exact) mass is 516 g/mol. The fourth-order valence-corrected chi connectivity index (χ4v) is 6.04. The van der Waals surface area contributed by atoms with Crippen molar-refractivity contribution >= 4 is 35.1 Å². The Kier molecular flexibility index (Phi) is 7.87. The molecule has 2 unspecified atom stereocenters. The van der Waals surface area contributed by atoms with Crippen molar-refractivity contribution in [1.82, 2.24) is 4.90 Å². The summed E-state index contributed by atoms with van der Waals surface area (Å²) in [5.41, 5.74) is -0.572. The predicted octanol–water partition coefficient (Wildman–Crippen LogP) is 3.12. The molecule has 0 aromatic heterocycles. The molecule has 4 rings (SSSR count). The average Bonchev–Trinajstić information content (AvgIpc) is 3.52. The second-order valence-electron chi connectivity index (χ2n) is 9.65. The number of likely N-dealkylation sites (tertiary alicyclic amines) is 1. The van der Waals surface area contributed by atoms with E-state index in [2.05, 4.69) is 13.2 Å². The van der Waals surface area contributed by atoms with E-state index < -0.39 is 41.6 Å². The van der Waals surface area contributed by atoms with Gasteiger partial charge in [0, 0.05) is 17.3 Å². The molecule has 3 aliphatic heterocycles. The zero-order chi connectivity index (χ0) is 26.0. The molecule has 3 saturated heterocycles. The second kappa shape index (κ2) is 10.7. The highest BCUT2D eigenvalue weighted by Gasteiger charge is 2.75. The molecule has 2 amide bonds. The fraction of sp³-hybridized carbons (Fsp3) is 0.519. The third-order valence-electron chi connectivity index (χ3n) is 7.50. The molecule has 3 aliphatic rings. The van der Waals surface area contributed by atoms with Gasteiger partial charge in [0.2, 0.25) is 5.91 Å². The summed E-state index contributed by atoms with van der Waals surface area (Å²) in [5, 5.41) is 10.5. The van der Waals surface area contributed by atoms with E-state index in [0.29, 0.717) is 36.4 Å². The summed E-state index contributed by atoms with van der Waals surface area (Å²) in [6.45, 7) is 9.24. The molecule has 3 heterocycles. The van der Waals surface area contributed by atoms with Crippen molar-refractivity contribution in [3.8, 4) is 0 Å². The zero-order valence-electron chi connectivity index (χ0n) is 20.5. The molecule has 0 aliphatic carbocycles. The van der Waals surface area contributed by atoms with Gasteiger partial charge in [-0.25, -0.2) is 0 Å². The van der Waals surface area contributed by atoms with Crippen LogP contribution in [-0.4, -0.2) is 71.3 Å². The minimum Gasteiger partial charge on any atom is -0.465 e. The van der Waals surface area contributed by atoms with E-state index in [1.807, 2.05) is 0 Å². The van der Waals surface area contributed by atoms with Crippen molar-refractivity contribution in [2.45, 2.75) is 56.4 Å². The third kappa shape index (κ3) is 4.35. The molecule has 6 atom stereocenters. The molecule has 1 aromatic rings. The SMILES string of the molecule is C=CCCCOC(=O)[C@@H]1[C@@H]2CCC3(O2)C(C(=O)N(CC=C)c2ccc(Cl)cc2)N([C@H](C)CO)C(=O)[C@H]13. The summed E-state index contributed by atoms with van der Waals surface area (Å²) in [4.78, 5) is 44.1. The van der Waals surface area contributed by atoms with Gasteiger partial charge in [0.15, 0.2) is 0 Å². The first-order chi connectivity index (χ1) is 17.3. The molecular weight excluding hydrogens is 484 g/mol. The number of hydrogen-bond acceptors (Lipinski definition) is 6. The highest BCUT2D eigenvalue weighted by Crippen LogP contribution is 2.59. The van der Waals surface area contributed by atoms with E-state index >= 15 is 0 Å². The number of benzene rings is 1. The van der Waals surface area contributed by atoms with Gasteiger partial charge in [0.1, 0.15) is 11.6 Å². The van der Waals surface area contributed by atoms with Gasteiger partial charge in [-0.15, -0.1) is 13.2 Å². The molecule has 194 valence electrons. The predicted molar refractivity (Wildman–Crippen MR) is 135 cm³/mol. The third-order valence-corrected chi connectivity index (χ3v) is 7.75. The summed E-state index contributed by atoms with van der Waals surface area (Å²) in [5.74, 6) is -2.82. The Morgan fingerprint density at radius 1 is 1.33 bits per heavy atom. The fourth-order valence-electron chi connectivity index (χ4n) is 5.92. The van der Waals surface area contributed by atoms with Gasteiger partial charge < -0.3 is 24.4 Å². The van der Waals surface area contributed by atoms with Gasteiger partial charge in [0.25, 0.3) is 5.91 Å². The Hall–Kier alpha value is -2.68. The number of hydrogen-bond donors (Lipinski definition) is 1. The number of rotatable bonds is 11. The molecule has 36 heavy (non-hydrogen) atoms. The minimum absolute atomic E-state index is 0.200. The standard InChI is InChI=1S/C27H33ClN2O6/c1-4-6-7-15-35-26(34)21-20-12-13-27(36-20)22(21)24(32)30(17(3)16-31)23(27)25(33)29(14-5-2)19-10-8-18(28)9-11-19/h4-5,8-11,17,20-23,31H,1-2,6-7,12-16H2,3H3/t17-,20+,21-,22+,23?,27?/m1/s1. The van der Waals surface area contributed by atoms with Gasteiger partial charge in [-0.3, -0.25) is 14.4 Å². The molecular formula is C27H33ClN2O6. The van der Waals surface area contributed by atoms with Crippen LogP contribution in [0.4, 0.5) is 5.69 Å². The lowest BCUT2D eigenvalue weighted by Gasteiger charge is -2.38. The number of esters is 1. The normalized spacial score (nSPS) is 29.1. The molecule has 3 fully saturated rings. The van der Waals surface area contributed by atoms with E-state index in [9.17, 15) is 19.5 Å². The topological polar surface area (TPSA) is 96.4 Å². The van der Waals surface area contributed by atoms with Gasteiger partial charge in [-0.05, 0) is 56.9 Å². The molecule has 8 nitrogen and oxygen atoms in total. The quantitative estimate of drug-likeness (QED) is 0.276. The number of halogens is 1. The van der Waals surface area contributed by atoms with Crippen molar-refractivity contribution in [2.75, 3.05) is 24.7 Å². The summed E-state index contributed by atoms with van der Waals surface area (Å²) < 4.78 is 11.9. The Morgan fingerprint density at radius 3 is 2.69 bits per heavy atom. The first-order valence-electron chi connectivity index (χ1n) is 12.4. The number of anilines is 1. The molecule has 0 radical (unpaired) electrons. The Labute approximate surface area is 216 Å². The number of nitrogens with zero attached hydrogens (tertiary/aromatic N) is 2. The van der Waals surface area contributed by atoms with E-state index in [0.717, 1.165) is 0 Å².